The Labute approximate surface area is 131 Å². The molecule has 1 aliphatic carbocycles. The maximum atomic E-state index is 6.54. The number of hydrogen-bond donors (Lipinski definition) is 0. The van der Waals surface area contributed by atoms with E-state index in [-0.39, 0.29) is 10.5 Å². The van der Waals surface area contributed by atoms with Crippen molar-refractivity contribution in [1.82, 2.24) is 0 Å². The molecule has 1 saturated heterocycles. The van der Waals surface area contributed by atoms with Crippen LogP contribution in [-0.2, 0) is 13.9 Å². The highest BCUT2D eigenvalue weighted by molar-refractivity contribution is 6.74. The number of rotatable bonds is 4. The molecule has 0 aromatic rings. The lowest BCUT2D eigenvalue weighted by Gasteiger charge is -2.53. The minimum atomic E-state index is -1.68. The van der Waals surface area contributed by atoms with Crippen molar-refractivity contribution in [2.24, 2.45) is 5.41 Å². The van der Waals surface area contributed by atoms with E-state index in [0.29, 0.717) is 6.10 Å². The van der Waals surface area contributed by atoms with Crippen molar-refractivity contribution < 1.29 is 13.9 Å². The second-order valence-electron chi connectivity index (χ2n) is 8.91. The van der Waals surface area contributed by atoms with Gasteiger partial charge in [0.05, 0.1) is 12.7 Å². The quantitative estimate of drug-likeness (QED) is 0.703. The molecule has 2 fully saturated rings. The average molecular weight is 315 g/mol. The van der Waals surface area contributed by atoms with Crippen LogP contribution in [0.15, 0.2) is 0 Å². The van der Waals surface area contributed by atoms with Crippen LogP contribution < -0.4 is 0 Å². The molecule has 0 aromatic heterocycles. The van der Waals surface area contributed by atoms with Crippen molar-refractivity contribution in [3.8, 4) is 0 Å². The molecular formula is C17H34O3Si. The van der Waals surface area contributed by atoms with Crippen molar-refractivity contribution in [2.45, 2.75) is 90.3 Å². The first kappa shape index (κ1) is 17.5. The summed E-state index contributed by atoms with van der Waals surface area (Å²) in [5, 5.41) is 0.272. The van der Waals surface area contributed by atoms with Gasteiger partial charge in [-0.05, 0) is 51.2 Å². The maximum Gasteiger partial charge on any atom is 0.192 e. The summed E-state index contributed by atoms with van der Waals surface area (Å²) in [6.07, 6.45) is 5.08. The lowest BCUT2D eigenvalue weighted by molar-refractivity contribution is -0.304. The lowest BCUT2D eigenvalue weighted by atomic mass is 9.64. The Morgan fingerprint density at radius 2 is 1.81 bits per heavy atom. The van der Waals surface area contributed by atoms with E-state index in [1.165, 1.54) is 19.3 Å². The first-order valence-corrected chi connectivity index (χ1v) is 11.3. The van der Waals surface area contributed by atoms with E-state index in [4.69, 9.17) is 13.9 Å². The summed E-state index contributed by atoms with van der Waals surface area (Å²) in [5.41, 5.74) is 0.233. The average Bonchev–Trinajstić information content (AvgIpc) is 2.24. The third kappa shape index (κ3) is 3.71. The van der Waals surface area contributed by atoms with Crippen LogP contribution in [0.25, 0.3) is 0 Å². The fraction of sp³-hybridized carbons (Fsp3) is 1.00. The van der Waals surface area contributed by atoms with Crippen LogP contribution in [0.2, 0.25) is 18.1 Å². The highest BCUT2D eigenvalue weighted by Gasteiger charge is 2.50. The van der Waals surface area contributed by atoms with E-state index in [1.54, 1.807) is 0 Å². The van der Waals surface area contributed by atoms with Crippen LogP contribution in [0.3, 0.4) is 0 Å². The largest absolute Gasteiger partial charge is 0.416 e. The predicted molar refractivity (Wildman–Crippen MR) is 89.0 cm³/mol. The number of hydrogen-bond acceptors (Lipinski definition) is 3. The Bertz CT molecular complexity index is 367. The van der Waals surface area contributed by atoms with Crippen LogP contribution >= 0.6 is 0 Å². The van der Waals surface area contributed by atoms with Crippen molar-refractivity contribution in [1.29, 1.82) is 0 Å². The van der Waals surface area contributed by atoms with Crippen molar-refractivity contribution in [3.05, 3.63) is 0 Å². The molecule has 0 spiro atoms. The van der Waals surface area contributed by atoms with Gasteiger partial charge in [0.1, 0.15) is 0 Å². The molecule has 4 heteroatoms. The van der Waals surface area contributed by atoms with Crippen molar-refractivity contribution >= 4 is 8.32 Å². The van der Waals surface area contributed by atoms with Crippen LogP contribution in [-0.4, -0.2) is 33.4 Å². The van der Waals surface area contributed by atoms with Gasteiger partial charge in [0, 0.05) is 12.0 Å². The molecule has 2 rings (SSSR count). The van der Waals surface area contributed by atoms with Gasteiger partial charge in [0.15, 0.2) is 14.1 Å². The number of ether oxygens (including phenoxy) is 2. The zero-order chi connectivity index (χ0) is 15.9. The summed E-state index contributed by atoms with van der Waals surface area (Å²) >= 11 is 0. The van der Waals surface area contributed by atoms with Gasteiger partial charge in [-0.15, -0.1) is 0 Å². The van der Waals surface area contributed by atoms with Crippen molar-refractivity contribution in [2.75, 3.05) is 13.2 Å². The minimum absolute atomic E-state index is 0.233. The smallest absolute Gasteiger partial charge is 0.192 e. The Balaban J connectivity index is 2.02. The fourth-order valence-electron chi connectivity index (χ4n) is 3.01. The summed E-state index contributed by atoms with van der Waals surface area (Å²) in [6, 6.07) is 0. The maximum absolute atomic E-state index is 6.54. The van der Waals surface area contributed by atoms with Gasteiger partial charge in [-0.1, -0.05) is 27.2 Å². The third-order valence-corrected chi connectivity index (χ3v) is 10.3. The summed E-state index contributed by atoms with van der Waals surface area (Å²) in [4.78, 5) is 0. The van der Waals surface area contributed by atoms with Gasteiger partial charge in [0.2, 0.25) is 0 Å². The zero-order valence-corrected chi connectivity index (χ0v) is 16.0. The van der Waals surface area contributed by atoms with E-state index >= 15 is 0 Å². The molecule has 124 valence electrons. The molecule has 0 amide bonds. The summed E-state index contributed by atoms with van der Waals surface area (Å²) in [5.74, 6) is -0.442. The molecule has 0 aromatic carbocycles. The first-order valence-electron chi connectivity index (χ1n) is 8.43. The molecule has 1 heterocycles. The highest BCUT2D eigenvalue weighted by atomic mass is 28.4. The molecule has 0 bridgehead atoms. The third-order valence-electron chi connectivity index (χ3n) is 5.81. The van der Waals surface area contributed by atoms with Gasteiger partial charge >= 0.3 is 0 Å². The Hall–Kier alpha value is 0.0969. The summed E-state index contributed by atoms with van der Waals surface area (Å²) in [6.45, 7) is 17.3. The second kappa shape index (κ2) is 5.62. The molecule has 1 aliphatic heterocycles. The molecule has 0 radical (unpaired) electrons. The fourth-order valence-corrected chi connectivity index (χ4v) is 4.09. The van der Waals surface area contributed by atoms with Crippen LogP contribution in [0.4, 0.5) is 0 Å². The minimum Gasteiger partial charge on any atom is -0.416 e. The van der Waals surface area contributed by atoms with Crippen LogP contribution in [0.5, 0.6) is 0 Å². The molecule has 21 heavy (non-hydrogen) atoms. The Morgan fingerprint density at radius 3 is 2.24 bits per heavy atom. The van der Waals surface area contributed by atoms with Crippen molar-refractivity contribution in [3.63, 3.8) is 0 Å². The molecule has 3 nitrogen and oxygen atoms in total. The summed E-state index contributed by atoms with van der Waals surface area (Å²) in [7, 11) is -1.68. The van der Waals surface area contributed by atoms with Gasteiger partial charge in [-0.25, -0.2) is 0 Å². The predicted octanol–water partition coefficient (Wildman–Crippen LogP) is 4.72. The highest BCUT2D eigenvalue weighted by Crippen LogP contribution is 2.50. The normalized spacial score (nSPS) is 29.0. The topological polar surface area (TPSA) is 27.7 Å². The van der Waals surface area contributed by atoms with E-state index in [0.717, 1.165) is 19.6 Å². The van der Waals surface area contributed by atoms with Crippen LogP contribution in [0.1, 0.15) is 60.3 Å². The molecule has 0 N–H and O–H groups in total. The molecule has 2 aliphatic rings. The molecular weight excluding hydrogens is 280 g/mol. The van der Waals surface area contributed by atoms with E-state index in [9.17, 15) is 0 Å². The van der Waals surface area contributed by atoms with Gasteiger partial charge in [-0.2, -0.15) is 0 Å². The van der Waals surface area contributed by atoms with E-state index in [2.05, 4.69) is 33.9 Å². The summed E-state index contributed by atoms with van der Waals surface area (Å²) < 4.78 is 18.5. The SMILES string of the molecule is CC1(C)OCCC(C2(CO[Si](C)(C)C(C)(C)C)CCC2)O1. The second-order valence-corrected chi connectivity index (χ2v) is 13.7. The monoisotopic (exact) mass is 314 g/mol. The van der Waals surface area contributed by atoms with Gasteiger partial charge < -0.3 is 13.9 Å². The molecule has 1 saturated carbocycles. The Morgan fingerprint density at radius 1 is 1.19 bits per heavy atom. The lowest BCUT2D eigenvalue weighted by Crippen LogP contribution is -2.55. The van der Waals surface area contributed by atoms with E-state index < -0.39 is 14.1 Å². The van der Waals surface area contributed by atoms with Gasteiger partial charge in [0.25, 0.3) is 0 Å². The standard InChI is InChI=1S/C17H34O3Si/c1-15(2,3)21(6,7)19-13-17(10-8-11-17)14-9-12-18-16(4,5)20-14/h14H,8-13H2,1-7H3. The first-order chi connectivity index (χ1) is 9.48. The molecule has 1 atom stereocenters. The zero-order valence-electron chi connectivity index (χ0n) is 15.0. The molecule has 1 unspecified atom stereocenters. The van der Waals surface area contributed by atoms with Gasteiger partial charge in [-0.3, -0.25) is 0 Å². The Kier molecular flexibility index (Phi) is 4.67. The van der Waals surface area contributed by atoms with E-state index in [1.807, 2.05) is 13.8 Å². The van der Waals surface area contributed by atoms with Crippen LogP contribution in [0, 0.1) is 5.41 Å².